The first-order valence-electron chi connectivity index (χ1n) is 10.7. The van der Waals surface area contributed by atoms with E-state index in [1.54, 1.807) is 41.0 Å². The topological polar surface area (TPSA) is 103 Å². The van der Waals surface area contributed by atoms with Gasteiger partial charge in [-0.25, -0.2) is 0 Å². The number of benzene rings is 3. The highest BCUT2D eigenvalue weighted by atomic mass is 35.5. The quantitative estimate of drug-likeness (QED) is 0.119. The van der Waals surface area contributed by atoms with E-state index >= 15 is 0 Å². The van der Waals surface area contributed by atoms with Gasteiger partial charge in [-0.15, -0.1) is 10.2 Å². The average molecular weight is 540 g/mol. The van der Waals surface area contributed by atoms with Crippen LogP contribution < -0.4 is 5.32 Å². The second kappa shape index (κ2) is 11.9. The first kappa shape index (κ1) is 25.4. The number of hydrogen-bond acceptors (Lipinski definition) is 6. The van der Waals surface area contributed by atoms with E-state index in [0.29, 0.717) is 38.0 Å². The van der Waals surface area contributed by atoms with Crippen LogP contribution in [0.25, 0.3) is 11.8 Å². The fraction of sp³-hybridized carbons (Fsp3) is 0.0800. The average Bonchev–Trinajstić information content (AvgIpc) is 3.29. The lowest BCUT2D eigenvalue weighted by Gasteiger charge is -2.12. The summed E-state index contributed by atoms with van der Waals surface area (Å²) >= 11 is 14.2. The monoisotopic (exact) mass is 539 g/mol. The van der Waals surface area contributed by atoms with Gasteiger partial charge in [-0.3, -0.25) is 19.5 Å². The fourth-order valence-electron chi connectivity index (χ4n) is 3.23. The predicted octanol–water partition coefficient (Wildman–Crippen LogP) is 6.10. The van der Waals surface area contributed by atoms with Crippen LogP contribution in [0, 0.1) is 10.1 Å². The maximum atomic E-state index is 12.4. The van der Waals surface area contributed by atoms with E-state index in [1.807, 2.05) is 30.3 Å². The van der Waals surface area contributed by atoms with E-state index in [9.17, 15) is 14.9 Å². The van der Waals surface area contributed by atoms with Gasteiger partial charge < -0.3 is 5.32 Å². The Morgan fingerprint density at radius 3 is 2.53 bits per heavy atom. The van der Waals surface area contributed by atoms with Crippen LogP contribution in [0.15, 0.2) is 84.0 Å². The van der Waals surface area contributed by atoms with Gasteiger partial charge >= 0.3 is 0 Å². The van der Waals surface area contributed by atoms with Crippen molar-refractivity contribution in [3.05, 3.63) is 116 Å². The predicted molar refractivity (Wildman–Crippen MR) is 141 cm³/mol. The normalized spacial score (nSPS) is 11.1. The Morgan fingerprint density at radius 1 is 1.06 bits per heavy atom. The molecule has 0 bridgehead atoms. The Labute approximate surface area is 221 Å². The van der Waals surface area contributed by atoms with Gasteiger partial charge in [0.05, 0.1) is 22.2 Å². The Bertz CT molecular complexity index is 1410. The molecule has 0 atom stereocenters. The number of rotatable bonds is 9. The third-order valence-corrected chi connectivity index (χ3v) is 6.57. The lowest BCUT2D eigenvalue weighted by molar-refractivity contribution is -0.384. The minimum atomic E-state index is -0.477. The Kier molecular flexibility index (Phi) is 8.37. The third-order valence-electron chi connectivity index (χ3n) is 5.01. The molecule has 4 rings (SSSR count). The van der Waals surface area contributed by atoms with Crippen LogP contribution >= 0.6 is 35.0 Å². The molecule has 11 heteroatoms. The van der Waals surface area contributed by atoms with Gasteiger partial charge in [-0.1, -0.05) is 65.3 Å². The minimum Gasteiger partial charge on any atom is -0.345 e. The number of nitrogens with zero attached hydrogens (tertiary/aromatic N) is 4. The summed E-state index contributed by atoms with van der Waals surface area (Å²) in [5.74, 6) is 0.784. The fourth-order valence-corrected chi connectivity index (χ4v) is 4.52. The number of aromatic nitrogens is 3. The molecule has 8 nitrogen and oxygen atoms in total. The summed E-state index contributed by atoms with van der Waals surface area (Å²) in [6.45, 7) is 0.0885. The van der Waals surface area contributed by atoms with Crippen LogP contribution in [-0.4, -0.2) is 25.6 Å². The maximum absolute atomic E-state index is 12.4. The van der Waals surface area contributed by atoms with Gasteiger partial charge in [0.1, 0.15) is 0 Å². The van der Waals surface area contributed by atoms with E-state index < -0.39 is 4.92 Å². The second-order valence-corrected chi connectivity index (χ2v) is 9.29. The Hall–Kier alpha value is -3.66. The molecule has 0 aliphatic rings. The molecule has 0 saturated heterocycles. The molecule has 0 aliphatic carbocycles. The molecule has 1 N–H and O–H groups in total. The summed E-state index contributed by atoms with van der Waals surface area (Å²) < 4.78 is 1.78. The zero-order valence-corrected chi connectivity index (χ0v) is 21.0. The van der Waals surface area contributed by atoms with Crippen molar-refractivity contribution in [1.82, 2.24) is 20.1 Å². The molecule has 1 aromatic heterocycles. The van der Waals surface area contributed by atoms with Gasteiger partial charge in [0.15, 0.2) is 11.0 Å². The third kappa shape index (κ3) is 6.51. The highest BCUT2D eigenvalue weighted by Crippen LogP contribution is 2.31. The van der Waals surface area contributed by atoms with Crippen molar-refractivity contribution in [3.8, 4) is 5.69 Å². The zero-order chi connectivity index (χ0) is 25.5. The molecular formula is C25H19Cl2N5O3S. The Morgan fingerprint density at radius 2 is 1.81 bits per heavy atom. The molecule has 36 heavy (non-hydrogen) atoms. The molecule has 4 aromatic rings. The smallest absolute Gasteiger partial charge is 0.269 e. The lowest BCUT2D eigenvalue weighted by atomic mass is 10.2. The van der Waals surface area contributed by atoms with E-state index in [0.717, 1.165) is 5.56 Å². The molecule has 0 spiro atoms. The number of hydrogen-bond donors (Lipinski definition) is 1. The molecule has 1 amide bonds. The van der Waals surface area contributed by atoms with Crippen molar-refractivity contribution < 1.29 is 9.72 Å². The van der Waals surface area contributed by atoms with E-state index in [4.69, 9.17) is 23.2 Å². The van der Waals surface area contributed by atoms with E-state index in [2.05, 4.69) is 15.5 Å². The number of non-ortho nitro benzene ring substituents is 1. The number of amides is 1. The minimum absolute atomic E-state index is 0.0171. The number of halogens is 2. The van der Waals surface area contributed by atoms with Crippen molar-refractivity contribution in [2.75, 3.05) is 0 Å². The number of nitrogens with one attached hydrogen (secondary N) is 1. The van der Waals surface area contributed by atoms with E-state index in [-0.39, 0.29) is 18.1 Å². The highest BCUT2D eigenvalue weighted by molar-refractivity contribution is 7.98. The van der Waals surface area contributed by atoms with Crippen molar-refractivity contribution in [2.45, 2.75) is 17.5 Å². The first-order valence-corrected chi connectivity index (χ1v) is 12.4. The summed E-state index contributed by atoms with van der Waals surface area (Å²) in [5.41, 5.74) is 2.37. The van der Waals surface area contributed by atoms with Crippen molar-refractivity contribution in [1.29, 1.82) is 0 Å². The molecule has 1 heterocycles. The summed E-state index contributed by atoms with van der Waals surface area (Å²) in [4.78, 5) is 22.7. The van der Waals surface area contributed by atoms with Crippen LogP contribution in [0.1, 0.15) is 17.0 Å². The van der Waals surface area contributed by atoms with Crippen molar-refractivity contribution in [2.24, 2.45) is 0 Å². The zero-order valence-electron chi connectivity index (χ0n) is 18.7. The molecular weight excluding hydrogens is 521 g/mol. The van der Waals surface area contributed by atoms with Gasteiger partial charge in [0, 0.05) is 29.0 Å². The number of carbonyl (C=O) groups is 1. The van der Waals surface area contributed by atoms with Crippen molar-refractivity contribution in [3.63, 3.8) is 0 Å². The molecule has 182 valence electrons. The lowest BCUT2D eigenvalue weighted by Crippen LogP contribution is -2.22. The van der Waals surface area contributed by atoms with Gasteiger partial charge in [0.2, 0.25) is 5.91 Å². The number of nitro benzene ring substituents is 1. The van der Waals surface area contributed by atoms with Crippen LogP contribution in [0.3, 0.4) is 0 Å². The largest absolute Gasteiger partial charge is 0.345 e. The number of thioether (sulfide) groups is 1. The van der Waals surface area contributed by atoms with Crippen molar-refractivity contribution >= 4 is 52.6 Å². The summed E-state index contributed by atoms with van der Waals surface area (Å²) in [6.07, 6.45) is 2.91. The standard InChI is InChI=1S/C25H19Cl2N5O3S/c26-19-9-12-21(27)22(14-19)31-23(29-30-25(31)36-16-18-4-2-1-3-5-18)15-28-24(33)13-8-17-6-10-20(11-7-17)32(34)35/h1-14H,15-16H2,(H,28,33)/b13-8+. The van der Waals surface area contributed by atoms with Gasteiger partial charge in [-0.05, 0) is 47.5 Å². The van der Waals surface area contributed by atoms with Gasteiger partial charge in [-0.2, -0.15) is 0 Å². The molecule has 0 aliphatic heterocycles. The first-order chi connectivity index (χ1) is 17.4. The number of nitro groups is 1. The SMILES string of the molecule is O=C(/C=C/c1ccc([N+](=O)[O-])cc1)NCc1nnc(SCc2ccccc2)n1-c1cc(Cl)ccc1Cl. The maximum Gasteiger partial charge on any atom is 0.269 e. The van der Waals surface area contributed by atoms with Gasteiger partial charge in [0.25, 0.3) is 5.69 Å². The second-order valence-electron chi connectivity index (χ2n) is 7.50. The van der Waals surface area contributed by atoms with Crippen LogP contribution in [-0.2, 0) is 17.1 Å². The highest BCUT2D eigenvalue weighted by Gasteiger charge is 2.18. The molecule has 3 aromatic carbocycles. The summed E-state index contributed by atoms with van der Waals surface area (Å²) in [5, 5.41) is 23.7. The molecule has 0 unspecified atom stereocenters. The van der Waals surface area contributed by atoms with Crippen LogP contribution in [0.5, 0.6) is 0 Å². The number of carbonyl (C=O) groups excluding carboxylic acids is 1. The van der Waals surface area contributed by atoms with E-state index in [1.165, 1.54) is 30.0 Å². The van der Waals surface area contributed by atoms with Crippen LogP contribution in [0.2, 0.25) is 10.0 Å². The molecule has 0 radical (unpaired) electrons. The summed E-state index contributed by atoms with van der Waals surface area (Å²) in [6, 6.07) is 21.0. The van der Waals surface area contributed by atoms with Crippen LogP contribution in [0.4, 0.5) is 5.69 Å². The summed E-state index contributed by atoms with van der Waals surface area (Å²) in [7, 11) is 0. The molecule has 0 fully saturated rings. The molecule has 0 saturated carbocycles. The Balaban J connectivity index is 1.51.